The van der Waals surface area contributed by atoms with E-state index in [4.69, 9.17) is 4.52 Å². The van der Waals surface area contributed by atoms with Crippen molar-refractivity contribution in [1.82, 2.24) is 20.0 Å². The number of carbonyl (C=O) groups is 1. The molecule has 1 unspecified atom stereocenters. The maximum atomic E-state index is 12.2. The Morgan fingerprint density at radius 2 is 1.89 bits per heavy atom. The molecule has 0 aliphatic carbocycles. The summed E-state index contributed by atoms with van der Waals surface area (Å²) in [6.45, 7) is 9.73. The second-order valence-electron chi connectivity index (χ2n) is 6.74. The Morgan fingerprint density at radius 3 is 2.52 bits per heavy atom. The molecule has 1 N–H and O–H groups in total. The second kappa shape index (κ2) is 7.61. The van der Waals surface area contributed by atoms with Crippen LogP contribution in [-0.2, 0) is 4.79 Å². The first kappa shape index (κ1) is 18.6. The van der Waals surface area contributed by atoms with Crippen molar-refractivity contribution in [3.05, 3.63) is 70.6 Å². The Balaban J connectivity index is 1.74. The van der Waals surface area contributed by atoms with Gasteiger partial charge in [-0.05, 0) is 64.5 Å². The first-order valence-electron chi connectivity index (χ1n) is 8.90. The summed E-state index contributed by atoms with van der Waals surface area (Å²) in [7, 11) is 0. The monoisotopic (exact) mass is 364 g/mol. The molecule has 0 saturated heterocycles. The van der Waals surface area contributed by atoms with Gasteiger partial charge in [-0.25, -0.2) is 0 Å². The molecule has 1 aromatic carbocycles. The van der Waals surface area contributed by atoms with Crippen LogP contribution in [0.3, 0.4) is 0 Å². The van der Waals surface area contributed by atoms with Gasteiger partial charge in [-0.15, -0.1) is 0 Å². The molecule has 2 aromatic heterocycles. The number of hydrogen-bond donors (Lipinski definition) is 1. The zero-order valence-corrected chi connectivity index (χ0v) is 16.3. The average Bonchev–Trinajstić information content (AvgIpc) is 3.17. The summed E-state index contributed by atoms with van der Waals surface area (Å²) in [4.78, 5) is 16.4. The highest BCUT2D eigenvalue weighted by Crippen LogP contribution is 2.22. The fourth-order valence-corrected chi connectivity index (χ4v) is 3.03. The molecule has 0 saturated carbocycles. The van der Waals surface area contributed by atoms with Crippen LogP contribution in [0.5, 0.6) is 0 Å². The van der Waals surface area contributed by atoms with Crippen LogP contribution in [0.25, 0.3) is 11.8 Å². The molecule has 0 radical (unpaired) electrons. The van der Waals surface area contributed by atoms with E-state index < -0.39 is 0 Å². The summed E-state index contributed by atoms with van der Waals surface area (Å²) in [6.07, 6.45) is 3.36. The maximum Gasteiger partial charge on any atom is 0.248 e. The first-order chi connectivity index (χ1) is 12.8. The van der Waals surface area contributed by atoms with Crippen LogP contribution in [0.1, 0.15) is 47.2 Å². The first-order valence-corrected chi connectivity index (χ1v) is 8.90. The van der Waals surface area contributed by atoms with E-state index in [1.165, 1.54) is 11.6 Å². The van der Waals surface area contributed by atoms with E-state index >= 15 is 0 Å². The molecule has 0 aliphatic rings. The highest BCUT2D eigenvalue weighted by Gasteiger charge is 2.14. The number of nitrogens with one attached hydrogen (secondary N) is 1. The molecule has 3 aromatic rings. The highest BCUT2D eigenvalue weighted by atomic mass is 16.5. The number of carbonyl (C=O) groups excluding carboxylic acids is 1. The number of aromatic nitrogens is 3. The molecule has 27 heavy (non-hydrogen) atoms. The third-order valence-electron chi connectivity index (χ3n) is 4.45. The van der Waals surface area contributed by atoms with Gasteiger partial charge in [0.2, 0.25) is 11.8 Å². The van der Waals surface area contributed by atoms with Crippen LogP contribution in [-0.4, -0.2) is 20.6 Å². The zero-order chi connectivity index (χ0) is 19.6. The quantitative estimate of drug-likeness (QED) is 0.695. The van der Waals surface area contributed by atoms with Crippen molar-refractivity contribution in [1.29, 1.82) is 0 Å². The van der Waals surface area contributed by atoms with E-state index in [1.807, 2.05) is 19.9 Å². The molecule has 3 rings (SSSR count). The number of aryl methyl sites for hydroxylation is 3. The predicted octanol–water partition coefficient (Wildman–Crippen LogP) is 3.98. The number of hydrogen-bond acceptors (Lipinski definition) is 4. The van der Waals surface area contributed by atoms with Crippen molar-refractivity contribution in [3.8, 4) is 5.69 Å². The van der Waals surface area contributed by atoms with Crippen LogP contribution >= 0.6 is 0 Å². The number of nitrogens with zero attached hydrogens (tertiary/aromatic N) is 3. The largest absolute Gasteiger partial charge is 0.341 e. The van der Waals surface area contributed by atoms with Crippen LogP contribution < -0.4 is 5.32 Å². The van der Waals surface area contributed by atoms with Crippen LogP contribution in [0.15, 0.2) is 40.9 Å². The number of amides is 1. The molecular formula is C21H24N4O2. The van der Waals surface area contributed by atoms with Gasteiger partial charge in [-0.3, -0.25) is 4.79 Å². The minimum absolute atomic E-state index is 0.210. The predicted molar refractivity (Wildman–Crippen MR) is 105 cm³/mol. The van der Waals surface area contributed by atoms with Crippen molar-refractivity contribution in [2.75, 3.05) is 0 Å². The van der Waals surface area contributed by atoms with Crippen molar-refractivity contribution < 1.29 is 9.32 Å². The van der Waals surface area contributed by atoms with Crippen LogP contribution in [0.2, 0.25) is 0 Å². The van der Waals surface area contributed by atoms with Gasteiger partial charge in [-0.1, -0.05) is 22.9 Å². The van der Waals surface area contributed by atoms with Gasteiger partial charge in [-0.2, -0.15) is 4.98 Å². The van der Waals surface area contributed by atoms with E-state index in [1.54, 1.807) is 6.92 Å². The number of benzene rings is 1. The molecule has 6 heteroatoms. The SMILES string of the molecule is Cc1ccc(-n2c(C)cc(C=CC(=O)NC(C)c3nc(C)no3)c2C)cc1. The fourth-order valence-electron chi connectivity index (χ4n) is 3.03. The Hall–Kier alpha value is -3.15. The van der Waals surface area contributed by atoms with Gasteiger partial charge >= 0.3 is 0 Å². The van der Waals surface area contributed by atoms with E-state index in [-0.39, 0.29) is 11.9 Å². The Morgan fingerprint density at radius 1 is 1.19 bits per heavy atom. The molecule has 1 amide bonds. The lowest BCUT2D eigenvalue weighted by Crippen LogP contribution is -2.24. The molecule has 1 atom stereocenters. The molecule has 0 fully saturated rings. The Bertz CT molecular complexity index is 980. The van der Waals surface area contributed by atoms with Crippen molar-refractivity contribution >= 4 is 12.0 Å². The van der Waals surface area contributed by atoms with Crippen molar-refractivity contribution in [3.63, 3.8) is 0 Å². The normalized spacial score (nSPS) is 12.5. The maximum absolute atomic E-state index is 12.2. The molecule has 140 valence electrons. The van der Waals surface area contributed by atoms with Gasteiger partial charge in [0.1, 0.15) is 6.04 Å². The summed E-state index contributed by atoms with van der Waals surface area (Å²) in [6, 6.07) is 10.1. The molecule has 0 bridgehead atoms. The zero-order valence-electron chi connectivity index (χ0n) is 16.3. The van der Waals surface area contributed by atoms with E-state index in [9.17, 15) is 4.79 Å². The minimum Gasteiger partial charge on any atom is -0.341 e. The summed E-state index contributed by atoms with van der Waals surface area (Å²) >= 11 is 0. The third-order valence-corrected chi connectivity index (χ3v) is 4.45. The van der Waals surface area contributed by atoms with Gasteiger partial charge in [0.25, 0.3) is 0 Å². The molecular weight excluding hydrogens is 340 g/mol. The average molecular weight is 364 g/mol. The second-order valence-corrected chi connectivity index (χ2v) is 6.74. The van der Waals surface area contributed by atoms with Crippen molar-refractivity contribution in [2.24, 2.45) is 0 Å². The lowest BCUT2D eigenvalue weighted by Gasteiger charge is -2.10. The molecule has 2 heterocycles. The van der Waals surface area contributed by atoms with E-state index in [0.717, 1.165) is 22.6 Å². The van der Waals surface area contributed by atoms with Crippen molar-refractivity contribution in [2.45, 2.75) is 40.7 Å². The van der Waals surface area contributed by atoms with Gasteiger partial charge < -0.3 is 14.4 Å². The summed E-state index contributed by atoms with van der Waals surface area (Å²) in [5.41, 5.74) is 5.54. The van der Waals surface area contributed by atoms with Crippen LogP contribution in [0.4, 0.5) is 0 Å². The fraction of sp³-hybridized carbons (Fsp3) is 0.286. The van der Waals surface area contributed by atoms with Gasteiger partial charge in [0, 0.05) is 23.2 Å². The van der Waals surface area contributed by atoms with Gasteiger partial charge in [0.15, 0.2) is 5.82 Å². The molecule has 0 spiro atoms. The molecule has 0 aliphatic heterocycles. The summed E-state index contributed by atoms with van der Waals surface area (Å²) in [5.74, 6) is 0.732. The number of rotatable bonds is 5. The van der Waals surface area contributed by atoms with E-state index in [0.29, 0.717) is 11.7 Å². The topological polar surface area (TPSA) is 73.0 Å². The standard InChI is InChI=1S/C21H24N4O2/c1-13-6-9-19(10-7-13)25-14(2)12-18(16(25)4)8-11-20(26)22-15(3)21-23-17(5)24-27-21/h6-12,15H,1-5H3,(H,22,26). The Kier molecular flexibility index (Phi) is 5.26. The van der Waals surface area contributed by atoms with Gasteiger partial charge in [0.05, 0.1) is 0 Å². The lowest BCUT2D eigenvalue weighted by atomic mass is 10.2. The third kappa shape index (κ3) is 4.16. The Labute approximate surface area is 158 Å². The molecule has 6 nitrogen and oxygen atoms in total. The lowest BCUT2D eigenvalue weighted by molar-refractivity contribution is -0.117. The highest BCUT2D eigenvalue weighted by molar-refractivity contribution is 5.92. The summed E-state index contributed by atoms with van der Waals surface area (Å²) < 4.78 is 7.26. The summed E-state index contributed by atoms with van der Waals surface area (Å²) in [5, 5.41) is 6.57. The van der Waals surface area contributed by atoms with Crippen LogP contribution in [0, 0.1) is 27.7 Å². The minimum atomic E-state index is -0.344. The smallest absolute Gasteiger partial charge is 0.248 e. The van der Waals surface area contributed by atoms with E-state index in [2.05, 4.69) is 64.2 Å².